The van der Waals surface area contributed by atoms with Crippen molar-refractivity contribution in [3.8, 4) is 5.75 Å². The van der Waals surface area contributed by atoms with Gasteiger partial charge in [0.2, 0.25) is 0 Å². The first-order valence-corrected chi connectivity index (χ1v) is 8.85. The van der Waals surface area contributed by atoms with E-state index in [2.05, 4.69) is 31.9 Å². The Hall–Kier alpha value is -1.15. The average molecular weight is 402 g/mol. The summed E-state index contributed by atoms with van der Waals surface area (Å²) in [5, 5.41) is 18.0. The largest absolute Gasteiger partial charge is 0.483 e. The summed E-state index contributed by atoms with van der Waals surface area (Å²) in [6.07, 6.45) is 0. The molecule has 0 aliphatic heterocycles. The lowest BCUT2D eigenvalue weighted by atomic mass is 10.1. The third-order valence-corrected chi connectivity index (χ3v) is 3.47. The molecule has 0 bridgehead atoms. The van der Waals surface area contributed by atoms with Crippen molar-refractivity contribution in [1.29, 1.82) is 0 Å². The number of amides is 1. The Bertz CT molecular complexity index is 518. The predicted molar refractivity (Wildman–Crippen MR) is 99.2 cm³/mol. The van der Waals surface area contributed by atoms with Gasteiger partial charge in [-0.1, -0.05) is 15.9 Å². The molecule has 6 nitrogen and oxygen atoms in total. The van der Waals surface area contributed by atoms with Gasteiger partial charge in [0.05, 0.1) is 6.61 Å². The Morgan fingerprint density at radius 1 is 1.21 bits per heavy atom. The summed E-state index contributed by atoms with van der Waals surface area (Å²) in [6.45, 7) is 8.71. The van der Waals surface area contributed by atoms with E-state index in [1.807, 2.05) is 39.0 Å². The number of hydrogen-bond donors (Lipinski definition) is 4. The summed E-state index contributed by atoms with van der Waals surface area (Å²) in [5.74, 6) is 0.551. The van der Waals surface area contributed by atoms with E-state index < -0.39 is 0 Å². The minimum Gasteiger partial charge on any atom is -0.483 e. The Morgan fingerprint density at radius 3 is 2.58 bits per heavy atom. The first-order valence-electron chi connectivity index (χ1n) is 8.06. The molecule has 24 heavy (non-hydrogen) atoms. The van der Waals surface area contributed by atoms with E-state index in [-0.39, 0.29) is 24.7 Å². The SMILES string of the molecule is CC(C)(C)NC(=O)COc1ccc(Br)cc1CNCCNCCO. The quantitative estimate of drug-likeness (QED) is 0.445. The highest BCUT2D eigenvalue weighted by atomic mass is 79.9. The van der Waals surface area contributed by atoms with Crippen molar-refractivity contribution in [3.05, 3.63) is 28.2 Å². The molecule has 1 aromatic carbocycles. The van der Waals surface area contributed by atoms with E-state index >= 15 is 0 Å². The lowest BCUT2D eigenvalue weighted by molar-refractivity contribution is -0.124. The van der Waals surface area contributed by atoms with Gasteiger partial charge in [-0.3, -0.25) is 4.79 Å². The van der Waals surface area contributed by atoms with Gasteiger partial charge in [0.25, 0.3) is 5.91 Å². The van der Waals surface area contributed by atoms with Crippen molar-refractivity contribution < 1.29 is 14.6 Å². The monoisotopic (exact) mass is 401 g/mol. The molecule has 1 aromatic rings. The van der Waals surface area contributed by atoms with Crippen molar-refractivity contribution >= 4 is 21.8 Å². The van der Waals surface area contributed by atoms with Crippen LogP contribution in [0.3, 0.4) is 0 Å². The Kier molecular flexibility index (Phi) is 9.28. The molecule has 0 atom stereocenters. The number of hydrogen-bond acceptors (Lipinski definition) is 5. The van der Waals surface area contributed by atoms with Crippen LogP contribution >= 0.6 is 15.9 Å². The number of halogens is 1. The van der Waals surface area contributed by atoms with Gasteiger partial charge in [0.1, 0.15) is 5.75 Å². The maximum atomic E-state index is 11.9. The highest BCUT2D eigenvalue weighted by Gasteiger charge is 2.14. The van der Waals surface area contributed by atoms with Gasteiger partial charge in [0, 0.05) is 41.8 Å². The molecule has 0 aromatic heterocycles. The van der Waals surface area contributed by atoms with Crippen LogP contribution in [0.25, 0.3) is 0 Å². The van der Waals surface area contributed by atoms with Crippen LogP contribution in [0.2, 0.25) is 0 Å². The summed E-state index contributed by atoms with van der Waals surface area (Å²) in [5.41, 5.74) is 0.710. The zero-order valence-corrected chi connectivity index (χ0v) is 16.2. The molecule has 1 rings (SSSR count). The maximum Gasteiger partial charge on any atom is 0.258 e. The van der Waals surface area contributed by atoms with Gasteiger partial charge in [0.15, 0.2) is 6.61 Å². The average Bonchev–Trinajstić information content (AvgIpc) is 2.48. The summed E-state index contributed by atoms with van der Waals surface area (Å²) in [6, 6.07) is 5.73. The zero-order chi connectivity index (χ0) is 18.0. The molecule has 0 heterocycles. The van der Waals surface area contributed by atoms with Crippen molar-refractivity contribution in [2.45, 2.75) is 32.9 Å². The van der Waals surface area contributed by atoms with Gasteiger partial charge < -0.3 is 25.8 Å². The molecule has 0 fully saturated rings. The minimum absolute atomic E-state index is 0.00996. The molecule has 7 heteroatoms. The molecule has 136 valence electrons. The molecule has 0 saturated heterocycles. The lowest BCUT2D eigenvalue weighted by Crippen LogP contribution is -2.43. The first kappa shape index (κ1) is 20.9. The Morgan fingerprint density at radius 2 is 1.92 bits per heavy atom. The maximum absolute atomic E-state index is 11.9. The predicted octanol–water partition coefficient (Wildman–Crippen LogP) is 1.41. The van der Waals surface area contributed by atoms with Crippen LogP contribution in [-0.4, -0.2) is 49.4 Å². The number of carbonyl (C=O) groups is 1. The Balaban J connectivity index is 2.50. The molecule has 0 saturated carbocycles. The fraction of sp³-hybridized carbons (Fsp3) is 0.588. The van der Waals surface area contributed by atoms with Crippen LogP contribution in [-0.2, 0) is 11.3 Å². The molecule has 0 radical (unpaired) electrons. The van der Waals surface area contributed by atoms with E-state index in [1.54, 1.807) is 0 Å². The van der Waals surface area contributed by atoms with Crippen molar-refractivity contribution in [2.75, 3.05) is 32.8 Å². The van der Waals surface area contributed by atoms with E-state index in [1.165, 1.54) is 0 Å². The second-order valence-electron chi connectivity index (χ2n) is 6.49. The normalized spacial score (nSPS) is 11.4. The summed E-state index contributed by atoms with van der Waals surface area (Å²) >= 11 is 3.46. The molecule has 0 aliphatic rings. The van der Waals surface area contributed by atoms with Gasteiger partial charge >= 0.3 is 0 Å². The van der Waals surface area contributed by atoms with Crippen LogP contribution < -0.4 is 20.7 Å². The third-order valence-electron chi connectivity index (χ3n) is 2.98. The number of aliphatic hydroxyl groups excluding tert-OH is 1. The Labute approximate surface area is 152 Å². The molecule has 1 amide bonds. The molecule has 0 unspecified atom stereocenters. The third kappa shape index (κ3) is 9.22. The standard InChI is InChI=1S/C17H28BrN3O3/c1-17(2,3)21-16(23)12-24-15-5-4-14(18)10-13(15)11-20-7-6-19-8-9-22/h4-5,10,19-20,22H,6-9,11-12H2,1-3H3,(H,21,23). The minimum atomic E-state index is -0.272. The van der Waals surface area contributed by atoms with E-state index in [9.17, 15) is 4.79 Å². The van der Waals surface area contributed by atoms with Gasteiger partial charge in [-0.15, -0.1) is 0 Å². The molecular formula is C17H28BrN3O3. The second kappa shape index (κ2) is 10.7. The van der Waals surface area contributed by atoms with Crippen LogP contribution in [0.15, 0.2) is 22.7 Å². The van der Waals surface area contributed by atoms with Crippen LogP contribution in [0, 0.1) is 0 Å². The highest BCUT2D eigenvalue weighted by molar-refractivity contribution is 9.10. The van der Waals surface area contributed by atoms with Gasteiger partial charge in [-0.2, -0.15) is 0 Å². The van der Waals surface area contributed by atoms with E-state index in [0.717, 1.165) is 23.1 Å². The fourth-order valence-corrected chi connectivity index (χ4v) is 2.44. The van der Waals surface area contributed by atoms with Crippen LogP contribution in [0.5, 0.6) is 5.75 Å². The summed E-state index contributed by atoms with van der Waals surface area (Å²) in [4.78, 5) is 11.9. The number of rotatable bonds is 10. The summed E-state index contributed by atoms with van der Waals surface area (Å²) in [7, 11) is 0. The van der Waals surface area contributed by atoms with Crippen molar-refractivity contribution in [3.63, 3.8) is 0 Å². The molecule has 0 spiro atoms. The highest BCUT2D eigenvalue weighted by Crippen LogP contribution is 2.23. The number of aliphatic hydroxyl groups is 1. The lowest BCUT2D eigenvalue weighted by Gasteiger charge is -2.21. The zero-order valence-electron chi connectivity index (χ0n) is 14.6. The van der Waals surface area contributed by atoms with Crippen LogP contribution in [0.1, 0.15) is 26.3 Å². The van der Waals surface area contributed by atoms with Gasteiger partial charge in [-0.05, 0) is 39.0 Å². The molecular weight excluding hydrogens is 374 g/mol. The molecule has 4 N–H and O–H groups in total. The van der Waals surface area contributed by atoms with Crippen LogP contribution in [0.4, 0.5) is 0 Å². The topological polar surface area (TPSA) is 82.6 Å². The fourth-order valence-electron chi connectivity index (χ4n) is 2.03. The second-order valence-corrected chi connectivity index (χ2v) is 7.40. The smallest absolute Gasteiger partial charge is 0.258 e. The number of benzene rings is 1. The van der Waals surface area contributed by atoms with E-state index in [4.69, 9.17) is 9.84 Å². The summed E-state index contributed by atoms with van der Waals surface area (Å²) < 4.78 is 6.64. The number of nitrogens with one attached hydrogen (secondary N) is 3. The molecule has 0 aliphatic carbocycles. The van der Waals surface area contributed by atoms with Crippen molar-refractivity contribution in [1.82, 2.24) is 16.0 Å². The van der Waals surface area contributed by atoms with Gasteiger partial charge in [-0.25, -0.2) is 0 Å². The number of ether oxygens (including phenoxy) is 1. The van der Waals surface area contributed by atoms with E-state index in [0.29, 0.717) is 18.8 Å². The van der Waals surface area contributed by atoms with Crippen molar-refractivity contribution in [2.24, 2.45) is 0 Å². The first-order chi connectivity index (χ1) is 11.3. The number of carbonyl (C=O) groups excluding carboxylic acids is 1.